The number of aromatic amines is 1. The monoisotopic (exact) mass is 289 g/mol. The van der Waals surface area contributed by atoms with Crippen LogP contribution in [0.2, 0.25) is 0 Å². The molecule has 0 aromatic carbocycles. The van der Waals surface area contributed by atoms with Crippen molar-refractivity contribution < 1.29 is 4.39 Å². The second-order valence-electron chi connectivity index (χ2n) is 5.22. The summed E-state index contributed by atoms with van der Waals surface area (Å²) in [6, 6.07) is 3.09. The third-order valence-electron chi connectivity index (χ3n) is 3.72. The molecule has 7 heteroatoms. The van der Waals surface area contributed by atoms with Gasteiger partial charge >= 0.3 is 0 Å². The minimum absolute atomic E-state index is 0.158. The second kappa shape index (κ2) is 5.25. The number of halogens is 1. The number of aromatic nitrogens is 3. The number of aryl methyl sites for hydroxylation is 1. The van der Waals surface area contributed by atoms with Crippen LogP contribution in [0.4, 0.5) is 10.3 Å². The summed E-state index contributed by atoms with van der Waals surface area (Å²) in [5.74, 6) is -0.317. The van der Waals surface area contributed by atoms with Gasteiger partial charge in [0.2, 0.25) is 11.9 Å². The number of nitrogens with two attached hydrogens (primary N) is 1. The maximum absolute atomic E-state index is 13.0. The minimum Gasteiger partial charge on any atom is -0.369 e. The summed E-state index contributed by atoms with van der Waals surface area (Å²) in [4.78, 5) is 24.6. The van der Waals surface area contributed by atoms with Crippen molar-refractivity contribution in [3.63, 3.8) is 0 Å². The quantitative estimate of drug-likeness (QED) is 0.797. The number of anilines is 1. The molecular weight excluding hydrogens is 273 g/mol. The van der Waals surface area contributed by atoms with Gasteiger partial charge in [-0.2, -0.15) is 4.39 Å². The Labute approximate surface area is 120 Å². The van der Waals surface area contributed by atoms with Crippen LogP contribution in [0.5, 0.6) is 0 Å². The Morgan fingerprint density at radius 2 is 2.24 bits per heavy atom. The first-order valence-corrected chi connectivity index (χ1v) is 6.75. The van der Waals surface area contributed by atoms with Gasteiger partial charge in [0.05, 0.1) is 11.3 Å². The van der Waals surface area contributed by atoms with Gasteiger partial charge in [-0.1, -0.05) is 6.07 Å². The summed E-state index contributed by atoms with van der Waals surface area (Å²) in [5, 5.41) is 0. The molecule has 0 bridgehead atoms. The number of nitrogens with zero attached hydrogens (tertiary/aromatic N) is 3. The van der Waals surface area contributed by atoms with Crippen molar-refractivity contribution in [2.24, 2.45) is 0 Å². The highest BCUT2D eigenvalue weighted by Gasteiger charge is 2.21. The number of hydrogen-bond donors (Lipinski definition) is 2. The molecule has 1 aliphatic rings. The van der Waals surface area contributed by atoms with Crippen LogP contribution in [0.3, 0.4) is 0 Å². The number of nitrogen functional groups attached to an aromatic ring is 1. The molecule has 6 nitrogen and oxygen atoms in total. The number of hydrogen-bond acceptors (Lipinski definition) is 5. The molecule has 0 fully saturated rings. The van der Waals surface area contributed by atoms with Crippen molar-refractivity contribution in [2.75, 3.05) is 12.3 Å². The lowest BCUT2D eigenvalue weighted by atomic mass is 10.1. The number of pyridine rings is 1. The molecule has 0 atom stereocenters. The molecule has 2 aromatic heterocycles. The first-order chi connectivity index (χ1) is 10.0. The first kappa shape index (κ1) is 13.7. The Bertz CT molecular complexity index is 743. The molecule has 3 heterocycles. The van der Waals surface area contributed by atoms with Crippen molar-refractivity contribution in [3.8, 4) is 0 Å². The van der Waals surface area contributed by atoms with Gasteiger partial charge in [0.15, 0.2) is 0 Å². The SMILES string of the molecule is Cc1nc(F)ccc1CN1CCc2nc(N)[nH]c(=O)c2C1. The molecule has 0 unspecified atom stereocenters. The van der Waals surface area contributed by atoms with Gasteiger partial charge < -0.3 is 5.73 Å². The van der Waals surface area contributed by atoms with E-state index in [1.165, 1.54) is 6.07 Å². The summed E-state index contributed by atoms with van der Waals surface area (Å²) in [6.07, 6.45) is 0.678. The zero-order valence-corrected chi connectivity index (χ0v) is 11.7. The van der Waals surface area contributed by atoms with E-state index in [4.69, 9.17) is 5.73 Å². The van der Waals surface area contributed by atoms with Crippen LogP contribution in [-0.2, 0) is 19.5 Å². The van der Waals surface area contributed by atoms with Gasteiger partial charge in [-0.15, -0.1) is 0 Å². The van der Waals surface area contributed by atoms with E-state index < -0.39 is 5.95 Å². The lowest BCUT2D eigenvalue weighted by Crippen LogP contribution is -2.35. The third-order valence-corrected chi connectivity index (χ3v) is 3.72. The zero-order chi connectivity index (χ0) is 15.0. The van der Waals surface area contributed by atoms with Gasteiger partial charge in [-0.3, -0.25) is 14.7 Å². The highest BCUT2D eigenvalue weighted by Crippen LogP contribution is 2.17. The summed E-state index contributed by atoms with van der Waals surface area (Å²) < 4.78 is 13.0. The molecule has 3 rings (SSSR count). The molecule has 0 amide bonds. The van der Waals surface area contributed by atoms with E-state index in [2.05, 4.69) is 19.9 Å². The van der Waals surface area contributed by atoms with Crippen molar-refractivity contribution in [3.05, 3.63) is 50.9 Å². The van der Waals surface area contributed by atoms with Crippen LogP contribution in [0.25, 0.3) is 0 Å². The molecule has 0 saturated carbocycles. The van der Waals surface area contributed by atoms with Crippen LogP contribution in [-0.4, -0.2) is 26.4 Å². The molecule has 21 heavy (non-hydrogen) atoms. The topological polar surface area (TPSA) is 87.9 Å². The fourth-order valence-corrected chi connectivity index (χ4v) is 2.60. The van der Waals surface area contributed by atoms with Crippen LogP contribution in [0.15, 0.2) is 16.9 Å². The summed E-state index contributed by atoms with van der Waals surface area (Å²) in [5.41, 5.74) is 8.42. The highest BCUT2D eigenvalue weighted by molar-refractivity contribution is 5.27. The average molecular weight is 289 g/mol. The van der Waals surface area contributed by atoms with E-state index in [0.717, 1.165) is 17.8 Å². The maximum atomic E-state index is 13.0. The molecule has 0 radical (unpaired) electrons. The first-order valence-electron chi connectivity index (χ1n) is 6.75. The number of nitrogens with one attached hydrogen (secondary N) is 1. The largest absolute Gasteiger partial charge is 0.369 e. The molecule has 0 aliphatic carbocycles. The summed E-state index contributed by atoms with van der Waals surface area (Å²) in [7, 11) is 0. The van der Waals surface area contributed by atoms with Gasteiger partial charge in [0, 0.05) is 31.7 Å². The van der Waals surface area contributed by atoms with Crippen molar-refractivity contribution in [1.29, 1.82) is 0 Å². The lowest BCUT2D eigenvalue weighted by Gasteiger charge is -2.27. The molecule has 110 valence electrons. The fraction of sp³-hybridized carbons (Fsp3) is 0.357. The van der Waals surface area contributed by atoms with Gasteiger partial charge in [0.25, 0.3) is 5.56 Å². The molecular formula is C14H16FN5O. The smallest absolute Gasteiger partial charge is 0.257 e. The maximum Gasteiger partial charge on any atom is 0.257 e. The van der Waals surface area contributed by atoms with E-state index in [9.17, 15) is 9.18 Å². The Kier molecular flexibility index (Phi) is 3.42. The predicted octanol–water partition coefficient (Wildman–Crippen LogP) is 0.753. The predicted molar refractivity (Wildman–Crippen MR) is 76.0 cm³/mol. The Morgan fingerprint density at radius 3 is 3.00 bits per heavy atom. The molecule has 3 N–H and O–H groups in total. The molecule has 0 saturated heterocycles. The zero-order valence-electron chi connectivity index (χ0n) is 11.7. The molecule has 1 aliphatic heterocycles. The van der Waals surface area contributed by atoms with Gasteiger partial charge in [0.1, 0.15) is 0 Å². The van der Waals surface area contributed by atoms with Crippen LogP contribution in [0.1, 0.15) is 22.5 Å². The normalized spacial score (nSPS) is 15.0. The van der Waals surface area contributed by atoms with E-state index in [0.29, 0.717) is 30.8 Å². The van der Waals surface area contributed by atoms with Crippen molar-refractivity contribution >= 4 is 5.95 Å². The Hall–Kier alpha value is -2.28. The molecule has 2 aromatic rings. The molecule has 0 spiro atoms. The second-order valence-corrected chi connectivity index (χ2v) is 5.22. The summed E-state index contributed by atoms with van der Waals surface area (Å²) >= 11 is 0. The Morgan fingerprint density at radius 1 is 1.43 bits per heavy atom. The number of rotatable bonds is 2. The van der Waals surface area contributed by atoms with Crippen molar-refractivity contribution in [2.45, 2.75) is 26.4 Å². The highest BCUT2D eigenvalue weighted by atomic mass is 19.1. The van der Waals surface area contributed by atoms with E-state index in [1.807, 2.05) is 0 Å². The standard InChI is InChI=1S/C14H16FN5O/c1-8-9(2-3-12(15)17-8)6-20-5-4-11-10(7-20)13(21)19-14(16)18-11/h2-3H,4-7H2,1H3,(H3,16,18,19,21). The van der Waals surface area contributed by atoms with E-state index >= 15 is 0 Å². The van der Waals surface area contributed by atoms with Crippen LogP contribution < -0.4 is 11.3 Å². The van der Waals surface area contributed by atoms with Crippen LogP contribution in [0, 0.1) is 12.9 Å². The van der Waals surface area contributed by atoms with E-state index in [-0.39, 0.29) is 11.5 Å². The van der Waals surface area contributed by atoms with Gasteiger partial charge in [-0.05, 0) is 18.6 Å². The van der Waals surface area contributed by atoms with E-state index in [1.54, 1.807) is 13.0 Å². The van der Waals surface area contributed by atoms with Crippen molar-refractivity contribution in [1.82, 2.24) is 19.9 Å². The van der Waals surface area contributed by atoms with Gasteiger partial charge in [-0.25, -0.2) is 9.97 Å². The number of fused-ring (bicyclic) bond motifs is 1. The number of H-pyrrole nitrogens is 1. The fourth-order valence-electron chi connectivity index (χ4n) is 2.60. The minimum atomic E-state index is -0.476. The lowest BCUT2D eigenvalue weighted by molar-refractivity contribution is 0.241. The summed E-state index contributed by atoms with van der Waals surface area (Å²) in [6.45, 7) is 3.70. The Balaban J connectivity index is 1.82. The third kappa shape index (κ3) is 2.78. The average Bonchev–Trinajstić information content (AvgIpc) is 2.42. The van der Waals surface area contributed by atoms with Crippen LogP contribution >= 0.6 is 0 Å².